The Bertz CT molecular complexity index is 871. The number of halogens is 1. The molecule has 2 rings (SSSR count). The smallest absolute Gasteiger partial charge is 0.240 e. The molecule has 2 aromatic rings. The lowest BCUT2D eigenvalue weighted by atomic mass is 10.1. The van der Waals surface area contributed by atoms with Gasteiger partial charge in [0.15, 0.2) is 5.96 Å². The molecule has 8 heteroatoms. The molecule has 0 saturated heterocycles. The van der Waals surface area contributed by atoms with Crippen molar-refractivity contribution in [1.29, 1.82) is 0 Å². The van der Waals surface area contributed by atoms with Crippen molar-refractivity contribution in [2.24, 2.45) is 4.99 Å². The predicted octanol–water partition coefficient (Wildman–Crippen LogP) is 1.82. The van der Waals surface area contributed by atoms with Gasteiger partial charge < -0.3 is 10.6 Å². The first-order valence-electron chi connectivity index (χ1n) is 8.66. The van der Waals surface area contributed by atoms with Gasteiger partial charge >= 0.3 is 0 Å². The lowest BCUT2D eigenvalue weighted by Crippen LogP contribution is -2.42. The zero-order valence-corrected chi connectivity index (χ0v) is 16.3. The summed E-state index contributed by atoms with van der Waals surface area (Å²) >= 11 is 0. The van der Waals surface area contributed by atoms with Gasteiger partial charge in [-0.2, -0.15) is 0 Å². The third-order valence-corrected chi connectivity index (χ3v) is 5.45. The highest BCUT2D eigenvalue weighted by Gasteiger charge is 2.12. The van der Waals surface area contributed by atoms with Gasteiger partial charge in [-0.05, 0) is 48.7 Å². The Hall–Kier alpha value is -2.45. The number of benzene rings is 2. The van der Waals surface area contributed by atoms with Crippen LogP contribution in [0.4, 0.5) is 4.39 Å². The zero-order valence-electron chi connectivity index (χ0n) is 15.5. The standard InChI is InChI=1S/C19H25FN4O2S/c1-15-14-17(20)9-8-16(15)10-11-22-19(21-2)23-12-13-24-27(25,26)18-6-4-3-5-7-18/h3-9,14,24H,10-13H2,1-2H3,(H2,21,22,23). The zero-order chi connectivity index (χ0) is 19.7. The van der Waals surface area contributed by atoms with Crippen LogP contribution in [-0.2, 0) is 16.4 Å². The van der Waals surface area contributed by atoms with Gasteiger partial charge in [-0.15, -0.1) is 0 Å². The van der Waals surface area contributed by atoms with E-state index in [1.807, 2.05) is 6.92 Å². The maximum atomic E-state index is 13.1. The van der Waals surface area contributed by atoms with E-state index in [4.69, 9.17) is 0 Å². The van der Waals surface area contributed by atoms with E-state index >= 15 is 0 Å². The molecule has 0 radical (unpaired) electrons. The molecule has 3 N–H and O–H groups in total. The molecule has 0 unspecified atom stereocenters. The van der Waals surface area contributed by atoms with Gasteiger partial charge in [0.2, 0.25) is 10.0 Å². The molecule has 0 aliphatic heterocycles. The topological polar surface area (TPSA) is 82.6 Å². The van der Waals surface area contributed by atoms with Gasteiger partial charge in [0.1, 0.15) is 5.82 Å². The fourth-order valence-electron chi connectivity index (χ4n) is 2.53. The number of nitrogens with zero attached hydrogens (tertiary/aromatic N) is 1. The summed E-state index contributed by atoms with van der Waals surface area (Å²) in [6.07, 6.45) is 0.730. The normalized spacial score (nSPS) is 12.0. The third-order valence-electron chi connectivity index (χ3n) is 3.98. The average molecular weight is 393 g/mol. The Labute approximate surface area is 160 Å². The van der Waals surface area contributed by atoms with E-state index in [9.17, 15) is 12.8 Å². The SMILES string of the molecule is CN=C(NCCNS(=O)(=O)c1ccccc1)NCCc1ccc(F)cc1C. The van der Waals surface area contributed by atoms with Gasteiger partial charge in [0, 0.05) is 26.7 Å². The Kier molecular flexibility index (Phi) is 7.75. The maximum absolute atomic E-state index is 13.1. The lowest BCUT2D eigenvalue weighted by molar-refractivity contribution is 0.580. The maximum Gasteiger partial charge on any atom is 0.240 e. The summed E-state index contributed by atoms with van der Waals surface area (Å²) in [6.45, 7) is 3.13. The monoisotopic (exact) mass is 392 g/mol. The van der Waals surface area contributed by atoms with Crippen molar-refractivity contribution in [1.82, 2.24) is 15.4 Å². The molecule has 0 aliphatic rings. The minimum atomic E-state index is -3.51. The number of hydrogen-bond donors (Lipinski definition) is 3. The van der Waals surface area contributed by atoms with Gasteiger partial charge in [0.05, 0.1) is 4.90 Å². The second-order valence-corrected chi connectivity index (χ2v) is 7.72. The van der Waals surface area contributed by atoms with Gasteiger partial charge in [0.25, 0.3) is 0 Å². The summed E-state index contributed by atoms with van der Waals surface area (Å²) in [6, 6.07) is 13.0. The van der Waals surface area contributed by atoms with Crippen molar-refractivity contribution in [3.05, 3.63) is 65.5 Å². The second-order valence-electron chi connectivity index (χ2n) is 5.96. The van der Waals surface area contributed by atoms with Crippen LogP contribution in [0, 0.1) is 12.7 Å². The van der Waals surface area contributed by atoms with Crippen LogP contribution in [0.5, 0.6) is 0 Å². The summed E-state index contributed by atoms with van der Waals surface area (Å²) < 4.78 is 39.9. The van der Waals surface area contributed by atoms with Crippen LogP contribution in [0.3, 0.4) is 0 Å². The molecule has 0 aromatic heterocycles. The van der Waals surface area contributed by atoms with Crippen molar-refractivity contribution >= 4 is 16.0 Å². The largest absolute Gasteiger partial charge is 0.356 e. The highest BCUT2D eigenvalue weighted by atomic mass is 32.2. The van der Waals surface area contributed by atoms with Crippen LogP contribution in [0.25, 0.3) is 0 Å². The number of aliphatic imine (C=N–C) groups is 1. The van der Waals surface area contributed by atoms with Crippen LogP contribution in [-0.4, -0.2) is 41.1 Å². The van der Waals surface area contributed by atoms with E-state index in [-0.39, 0.29) is 17.3 Å². The second kappa shape index (κ2) is 10.0. The highest BCUT2D eigenvalue weighted by molar-refractivity contribution is 7.89. The quantitative estimate of drug-likeness (QED) is 0.364. The molecule has 0 heterocycles. The molecule has 0 spiro atoms. The first-order chi connectivity index (χ1) is 12.9. The minimum absolute atomic E-state index is 0.231. The van der Waals surface area contributed by atoms with Crippen LogP contribution < -0.4 is 15.4 Å². The number of guanidine groups is 1. The van der Waals surface area contributed by atoms with E-state index in [1.54, 1.807) is 43.4 Å². The summed E-state index contributed by atoms with van der Waals surface area (Å²) in [5, 5.41) is 6.21. The van der Waals surface area contributed by atoms with Gasteiger partial charge in [-0.3, -0.25) is 4.99 Å². The molecule has 0 aliphatic carbocycles. The van der Waals surface area contributed by atoms with E-state index in [1.165, 1.54) is 12.1 Å². The van der Waals surface area contributed by atoms with Crippen molar-refractivity contribution in [2.75, 3.05) is 26.7 Å². The molecule has 0 saturated carbocycles. The van der Waals surface area contributed by atoms with Crippen molar-refractivity contribution in [2.45, 2.75) is 18.2 Å². The molecular weight excluding hydrogens is 367 g/mol. The first kappa shape index (κ1) is 20.9. The fourth-order valence-corrected chi connectivity index (χ4v) is 3.58. The summed E-state index contributed by atoms with van der Waals surface area (Å²) in [5.74, 6) is 0.341. The number of nitrogens with one attached hydrogen (secondary N) is 3. The molecule has 0 fully saturated rings. The van der Waals surface area contributed by atoms with E-state index < -0.39 is 10.0 Å². The predicted molar refractivity (Wildman–Crippen MR) is 106 cm³/mol. The van der Waals surface area contributed by atoms with E-state index in [0.29, 0.717) is 19.0 Å². The number of hydrogen-bond acceptors (Lipinski definition) is 3. The summed E-state index contributed by atoms with van der Waals surface area (Å²) in [4.78, 5) is 4.34. The van der Waals surface area contributed by atoms with Crippen LogP contribution >= 0.6 is 0 Å². The van der Waals surface area contributed by atoms with Gasteiger partial charge in [-0.1, -0.05) is 24.3 Å². The Morgan fingerprint density at radius 2 is 1.74 bits per heavy atom. The van der Waals surface area contributed by atoms with E-state index in [0.717, 1.165) is 17.5 Å². The fraction of sp³-hybridized carbons (Fsp3) is 0.316. The van der Waals surface area contributed by atoms with Crippen LogP contribution in [0.15, 0.2) is 58.4 Å². The number of aryl methyl sites for hydroxylation is 1. The molecule has 2 aromatic carbocycles. The molecule has 0 amide bonds. The van der Waals surface area contributed by atoms with Gasteiger partial charge in [-0.25, -0.2) is 17.5 Å². The molecule has 6 nitrogen and oxygen atoms in total. The number of rotatable bonds is 8. The van der Waals surface area contributed by atoms with Crippen molar-refractivity contribution < 1.29 is 12.8 Å². The van der Waals surface area contributed by atoms with Crippen molar-refractivity contribution in [3.8, 4) is 0 Å². The first-order valence-corrected chi connectivity index (χ1v) is 10.1. The highest BCUT2D eigenvalue weighted by Crippen LogP contribution is 2.10. The summed E-state index contributed by atoms with van der Waals surface area (Å²) in [7, 11) is -1.86. The Morgan fingerprint density at radius 3 is 2.41 bits per heavy atom. The van der Waals surface area contributed by atoms with E-state index in [2.05, 4.69) is 20.3 Å². The average Bonchev–Trinajstić information content (AvgIpc) is 2.66. The Morgan fingerprint density at radius 1 is 1.04 bits per heavy atom. The summed E-state index contributed by atoms with van der Waals surface area (Å²) in [5.41, 5.74) is 1.98. The van der Waals surface area contributed by atoms with Crippen molar-refractivity contribution in [3.63, 3.8) is 0 Å². The van der Waals surface area contributed by atoms with Crippen LogP contribution in [0.2, 0.25) is 0 Å². The minimum Gasteiger partial charge on any atom is -0.356 e. The lowest BCUT2D eigenvalue weighted by Gasteiger charge is -2.13. The third kappa shape index (κ3) is 6.65. The van der Waals surface area contributed by atoms with Crippen LogP contribution in [0.1, 0.15) is 11.1 Å². The Balaban J connectivity index is 1.73. The molecular formula is C19H25FN4O2S. The molecule has 146 valence electrons. The molecule has 27 heavy (non-hydrogen) atoms. The molecule has 0 atom stereocenters. The molecule has 0 bridgehead atoms. The number of sulfonamides is 1.